The number of ether oxygens (including phenoxy) is 2. The molecule has 7 heteroatoms. The van der Waals surface area contributed by atoms with Gasteiger partial charge < -0.3 is 25.0 Å². The van der Waals surface area contributed by atoms with Crippen LogP contribution in [0.25, 0.3) is 0 Å². The monoisotopic (exact) mass is 416 g/mol. The molecule has 0 bridgehead atoms. The van der Waals surface area contributed by atoms with E-state index in [1.54, 1.807) is 14.2 Å². The number of aliphatic imine (C=N–C) groups is 1. The number of amides is 1. The minimum atomic E-state index is 0.247. The summed E-state index contributed by atoms with van der Waals surface area (Å²) in [7, 11) is 3.44. The van der Waals surface area contributed by atoms with Crippen LogP contribution in [0.2, 0.25) is 0 Å². The lowest BCUT2D eigenvalue weighted by Crippen LogP contribution is -2.45. The van der Waals surface area contributed by atoms with Crippen molar-refractivity contribution in [2.45, 2.75) is 51.1 Å². The maximum atomic E-state index is 12.8. The van der Waals surface area contributed by atoms with Crippen molar-refractivity contribution in [2.75, 3.05) is 40.5 Å². The predicted molar refractivity (Wildman–Crippen MR) is 119 cm³/mol. The molecular formula is C23H36N4O3. The van der Waals surface area contributed by atoms with Gasteiger partial charge in [0.2, 0.25) is 5.91 Å². The summed E-state index contributed by atoms with van der Waals surface area (Å²) in [5, 5.41) is 6.84. The second kappa shape index (κ2) is 11.8. The number of methoxy groups -OCH3 is 1. The summed E-state index contributed by atoms with van der Waals surface area (Å²) in [5.41, 5.74) is 1.15. The molecule has 0 spiro atoms. The fourth-order valence-corrected chi connectivity index (χ4v) is 4.21. The Hall–Kier alpha value is -2.28. The highest BCUT2D eigenvalue weighted by molar-refractivity contribution is 5.81. The van der Waals surface area contributed by atoms with Gasteiger partial charge in [0.25, 0.3) is 0 Å². The zero-order valence-electron chi connectivity index (χ0n) is 18.4. The quantitative estimate of drug-likeness (QED) is 0.387. The van der Waals surface area contributed by atoms with E-state index >= 15 is 0 Å². The van der Waals surface area contributed by atoms with Crippen molar-refractivity contribution in [3.63, 3.8) is 0 Å². The number of nitrogens with one attached hydrogen (secondary N) is 2. The molecule has 30 heavy (non-hydrogen) atoms. The number of rotatable bonds is 8. The highest BCUT2D eigenvalue weighted by atomic mass is 16.5. The van der Waals surface area contributed by atoms with Gasteiger partial charge in [-0.1, -0.05) is 31.4 Å². The SMILES string of the molecule is CN=C(NCc1ccc(OCCOC)cc1)NC1CCN(C(=O)C2CCCCC2)C1. The molecule has 2 aliphatic rings. The van der Waals surface area contributed by atoms with Crippen LogP contribution < -0.4 is 15.4 Å². The topological polar surface area (TPSA) is 75.2 Å². The first-order valence-electron chi connectivity index (χ1n) is 11.2. The van der Waals surface area contributed by atoms with Crippen LogP contribution >= 0.6 is 0 Å². The van der Waals surface area contributed by atoms with Crippen LogP contribution in [0.3, 0.4) is 0 Å². The summed E-state index contributed by atoms with van der Waals surface area (Å²) >= 11 is 0. The van der Waals surface area contributed by atoms with Crippen molar-refractivity contribution in [1.29, 1.82) is 0 Å². The number of carbonyl (C=O) groups is 1. The van der Waals surface area contributed by atoms with Crippen molar-refractivity contribution in [3.8, 4) is 5.75 Å². The molecule has 1 saturated carbocycles. The van der Waals surface area contributed by atoms with Gasteiger partial charge in [-0.2, -0.15) is 0 Å². The van der Waals surface area contributed by atoms with Gasteiger partial charge in [-0.25, -0.2) is 0 Å². The average Bonchev–Trinajstić information content (AvgIpc) is 3.26. The van der Waals surface area contributed by atoms with Gasteiger partial charge in [-0.05, 0) is 37.0 Å². The predicted octanol–water partition coefficient (Wildman–Crippen LogP) is 2.56. The maximum Gasteiger partial charge on any atom is 0.225 e. The van der Waals surface area contributed by atoms with E-state index in [-0.39, 0.29) is 12.0 Å². The Morgan fingerprint density at radius 3 is 2.60 bits per heavy atom. The molecular weight excluding hydrogens is 380 g/mol. The number of guanidine groups is 1. The first-order valence-corrected chi connectivity index (χ1v) is 11.2. The molecule has 1 unspecified atom stereocenters. The molecule has 1 saturated heterocycles. The molecule has 3 rings (SSSR count). The lowest BCUT2D eigenvalue weighted by Gasteiger charge is -2.26. The summed E-state index contributed by atoms with van der Waals surface area (Å²) in [6.07, 6.45) is 6.76. The van der Waals surface area contributed by atoms with E-state index in [2.05, 4.69) is 15.6 Å². The number of hydrogen-bond acceptors (Lipinski definition) is 4. The van der Waals surface area contributed by atoms with Gasteiger partial charge in [0, 0.05) is 45.8 Å². The van der Waals surface area contributed by atoms with Gasteiger partial charge in [-0.15, -0.1) is 0 Å². The third-order valence-corrected chi connectivity index (χ3v) is 5.96. The van der Waals surface area contributed by atoms with Crippen LogP contribution in [-0.4, -0.2) is 63.3 Å². The largest absolute Gasteiger partial charge is 0.491 e. The van der Waals surface area contributed by atoms with Crippen LogP contribution in [0.15, 0.2) is 29.3 Å². The Balaban J connectivity index is 1.41. The number of likely N-dealkylation sites (tertiary alicyclic amines) is 1. The minimum absolute atomic E-state index is 0.247. The van der Waals surface area contributed by atoms with Crippen molar-refractivity contribution in [1.82, 2.24) is 15.5 Å². The second-order valence-corrected chi connectivity index (χ2v) is 8.16. The fraction of sp³-hybridized carbons (Fsp3) is 0.652. The molecule has 1 aromatic rings. The molecule has 1 heterocycles. The molecule has 2 fully saturated rings. The zero-order chi connectivity index (χ0) is 21.2. The summed E-state index contributed by atoms with van der Waals surface area (Å²) in [6.45, 7) is 3.41. The molecule has 1 amide bonds. The molecule has 1 aliphatic heterocycles. The molecule has 1 aromatic carbocycles. The Morgan fingerprint density at radius 1 is 1.13 bits per heavy atom. The normalized spacial score (nSPS) is 20.3. The molecule has 1 atom stereocenters. The summed E-state index contributed by atoms with van der Waals surface area (Å²) < 4.78 is 10.6. The van der Waals surface area contributed by atoms with E-state index in [4.69, 9.17) is 9.47 Å². The molecule has 0 radical (unpaired) electrons. The Bertz CT molecular complexity index is 686. The van der Waals surface area contributed by atoms with Gasteiger partial charge in [0.05, 0.1) is 6.61 Å². The molecule has 1 aliphatic carbocycles. The molecule has 7 nitrogen and oxygen atoms in total. The smallest absolute Gasteiger partial charge is 0.225 e. The third-order valence-electron chi connectivity index (χ3n) is 5.96. The van der Waals surface area contributed by atoms with Crippen LogP contribution in [0, 0.1) is 5.92 Å². The van der Waals surface area contributed by atoms with E-state index in [0.29, 0.717) is 25.7 Å². The standard InChI is InChI=1S/C23H36N4O3/c1-24-23(25-16-18-8-10-21(11-9-18)30-15-14-29-2)26-20-12-13-27(17-20)22(28)19-6-4-3-5-7-19/h8-11,19-20H,3-7,12-17H2,1-2H3,(H2,24,25,26). The van der Waals surface area contributed by atoms with Crippen LogP contribution in [0.1, 0.15) is 44.1 Å². The third kappa shape index (κ3) is 6.62. The Kier molecular flexibility index (Phi) is 8.81. The number of hydrogen-bond donors (Lipinski definition) is 2. The first-order chi connectivity index (χ1) is 14.7. The van der Waals surface area contributed by atoms with Crippen LogP contribution in [-0.2, 0) is 16.1 Å². The van der Waals surface area contributed by atoms with E-state index in [1.807, 2.05) is 29.2 Å². The summed E-state index contributed by atoms with van der Waals surface area (Å²) in [4.78, 5) is 19.1. The Morgan fingerprint density at radius 2 is 1.90 bits per heavy atom. The lowest BCUT2D eigenvalue weighted by atomic mass is 9.88. The summed E-state index contributed by atoms with van der Waals surface area (Å²) in [6, 6.07) is 8.27. The van der Waals surface area contributed by atoms with E-state index in [1.165, 1.54) is 19.3 Å². The fourth-order valence-electron chi connectivity index (χ4n) is 4.21. The molecule has 0 aromatic heterocycles. The van der Waals surface area contributed by atoms with E-state index in [9.17, 15) is 4.79 Å². The molecule has 2 N–H and O–H groups in total. The summed E-state index contributed by atoms with van der Waals surface area (Å²) in [5.74, 6) is 2.21. The van der Waals surface area contributed by atoms with Crippen molar-refractivity contribution >= 4 is 11.9 Å². The number of nitrogens with zero attached hydrogens (tertiary/aromatic N) is 2. The van der Waals surface area contributed by atoms with Gasteiger partial charge in [0.15, 0.2) is 5.96 Å². The average molecular weight is 417 g/mol. The number of benzene rings is 1. The Labute approximate surface area is 180 Å². The highest BCUT2D eigenvalue weighted by Gasteiger charge is 2.31. The number of carbonyl (C=O) groups excluding carboxylic acids is 1. The lowest BCUT2D eigenvalue weighted by molar-refractivity contribution is -0.135. The van der Waals surface area contributed by atoms with Gasteiger partial charge in [-0.3, -0.25) is 9.79 Å². The first kappa shape index (κ1) is 22.4. The van der Waals surface area contributed by atoms with Crippen molar-refractivity contribution in [3.05, 3.63) is 29.8 Å². The van der Waals surface area contributed by atoms with Crippen LogP contribution in [0.5, 0.6) is 5.75 Å². The van der Waals surface area contributed by atoms with E-state index < -0.39 is 0 Å². The second-order valence-electron chi connectivity index (χ2n) is 8.16. The van der Waals surface area contributed by atoms with Gasteiger partial charge >= 0.3 is 0 Å². The zero-order valence-corrected chi connectivity index (χ0v) is 18.4. The maximum absolute atomic E-state index is 12.8. The van der Waals surface area contributed by atoms with Gasteiger partial charge in [0.1, 0.15) is 12.4 Å². The van der Waals surface area contributed by atoms with Crippen molar-refractivity contribution in [2.24, 2.45) is 10.9 Å². The van der Waals surface area contributed by atoms with E-state index in [0.717, 1.165) is 49.6 Å². The van der Waals surface area contributed by atoms with Crippen LogP contribution in [0.4, 0.5) is 0 Å². The molecule has 166 valence electrons. The minimum Gasteiger partial charge on any atom is -0.491 e. The highest BCUT2D eigenvalue weighted by Crippen LogP contribution is 2.26. The van der Waals surface area contributed by atoms with Crippen molar-refractivity contribution < 1.29 is 14.3 Å².